The van der Waals surface area contributed by atoms with E-state index in [1.165, 1.54) is 5.57 Å². The van der Waals surface area contributed by atoms with Crippen molar-refractivity contribution in [3.63, 3.8) is 0 Å². The van der Waals surface area contributed by atoms with Gasteiger partial charge in [-0.05, 0) is 31.1 Å². The fourth-order valence-electron chi connectivity index (χ4n) is 3.07. The Morgan fingerprint density at radius 2 is 1.67 bits per heavy atom. The van der Waals surface area contributed by atoms with Gasteiger partial charge in [0, 0.05) is 5.41 Å². The zero-order valence-electron chi connectivity index (χ0n) is 10.1. The molecular formula is C14H22O. The van der Waals surface area contributed by atoms with E-state index in [9.17, 15) is 5.11 Å². The number of rotatable bonds is 2. The minimum absolute atomic E-state index is 0.0114. The van der Waals surface area contributed by atoms with E-state index in [1.807, 2.05) is 0 Å². The highest BCUT2D eigenvalue weighted by molar-refractivity contribution is 5.36. The lowest BCUT2D eigenvalue weighted by atomic mass is 9.65. The molecule has 0 amide bonds. The van der Waals surface area contributed by atoms with E-state index in [1.54, 1.807) is 5.57 Å². The predicted octanol–water partition coefficient (Wildman–Crippen LogP) is 3.45. The molecule has 0 spiro atoms. The maximum Gasteiger partial charge on any atom is 0.0519 e. The van der Waals surface area contributed by atoms with Gasteiger partial charge in [0.1, 0.15) is 0 Å². The third-order valence-corrected chi connectivity index (χ3v) is 3.99. The van der Waals surface area contributed by atoms with Crippen LogP contribution in [0.3, 0.4) is 0 Å². The van der Waals surface area contributed by atoms with Gasteiger partial charge in [0.05, 0.1) is 6.61 Å². The standard InChI is InChI=1S/C14H22O/c1-4-13(2)7-11-5-12(6-11)8-14(3,9-13)10-15/h7-8,15H,4-6,9-10H2,1-3H3. The van der Waals surface area contributed by atoms with Crippen LogP contribution in [0.25, 0.3) is 0 Å². The lowest BCUT2D eigenvalue weighted by Gasteiger charge is -2.41. The van der Waals surface area contributed by atoms with Gasteiger partial charge in [0.15, 0.2) is 0 Å². The Bertz CT molecular complexity index is 286. The second kappa shape index (κ2) is 3.48. The molecule has 0 aromatic carbocycles. The normalized spacial score (nSPS) is 39.7. The van der Waals surface area contributed by atoms with E-state index < -0.39 is 0 Å². The van der Waals surface area contributed by atoms with Crippen LogP contribution >= 0.6 is 0 Å². The van der Waals surface area contributed by atoms with Crippen molar-refractivity contribution in [1.82, 2.24) is 0 Å². The molecule has 0 saturated heterocycles. The van der Waals surface area contributed by atoms with E-state index in [4.69, 9.17) is 0 Å². The summed E-state index contributed by atoms with van der Waals surface area (Å²) in [5.74, 6) is 0. The molecule has 3 aliphatic carbocycles. The second-order valence-corrected chi connectivity index (χ2v) is 5.96. The van der Waals surface area contributed by atoms with Crippen LogP contribution in [0.4, 0.5) is 0 Å². The quantitative estimate of drug-likeness (QED) is 0.686. The zero-order valence-corrected chi connectivity index (χ0v) is 10.1. The Labute approximate surface area is 92.9 Å². The molecule has 2 bridgehead atoms. The van der Waals surface area contributed by atoms with E-state index >= 15 is 0 Å². The summed E-state index contributed by atoms with van der Waals surface area (Å²) in [7, 11) is 0. The smallest absolute Gasteiger partial charge is 0.0519 e. The molecule has 0 aliphatic heterocycles. The highest BCUT2D eigenvalue weighted by atomic mass is 16.3. The van der Waals surface area contributed by atoms with E-state index in [-0.39, 0.29) is 17.4 Å². The van der Waals surface area contributed by atoms with Gasteiger partial charge >= 0.3 is 0 Å². The van der Waals surface area contributed by atoms with Crippen LogP contribution in [0.15, 0.2) is 23.3 Å². The van der Waals surface area contributed by atoms with Gasteiger partial charge in [0.25, 0.3) is 0 Å². The average molecular weight is 206 g/mol. The van der Waals surface area contributed by atoms with Gasteiger partial charge in [-0.15, -0.1) is 0 Å². The Kier molecular flexibility index (Phi) is 2.54. The van der Waals surface area contributed by atoms with Gasteiger partial charge in [-0.1, -0.05) is 44.1 Å². The topological polar surface area (TPSA) is 20.2 Å². The van der Waals surface area contributed by atoms with Gasteiger partial charge in [0.2, 0.25) is 0 Å². The summed E-state index contributed by atoms with van der Waals surface area (Å²) in [4.78, 5) is 0. The lowest BCUT2D eigenvalue weighted by Crippen LogP contribution is -2.31. The summed E-state index contributed by atoms with van der Waals surface area (Å²) >= 11 is 0. The molecular weight excluding hydrogens is 184 g/mol. The fraction of sp³-hybridized carbons (Fsp3) is 0.714. The molecule has 15 heavy (non-hydrogen) atoms. The molecule has 1 nitrogen and oxygen atoms in total. The number of hydrogen-bond donors (Lipinski definition) is 1. The first-order chi connectivity index (χ1) is 6.99. The number of allylic oxidation sites excluding steroid dienone is 3. The van der Waals surface area contributed by atoms with Crippen LogP contribution < -0.4 is 0 Å². The van der Waals surface area contributed by atoms with Crippen molar-refractivity contribution in [1.29, 1.82) is 0 Å². The van der Waals surface area contributed by atoms with Crippen LogP contribution in [-0.4, -0.2) is 11.7 Å². The van der Waals surface area contributed by atoms with Crippen molar-refractivity contribution < 1.29 is 5.11 Å². The second-order valence-electron chi connectivity index (χ2n) is 5.96. The summed E-state index contributed by atoms with van der Waals surface area (Å²) in [6, 6.07) is 0. The van der Waals surface area contributed by atoms with Crippen LogP contribution in [0.2, 0.25) is 0 Å². The van der Waals surface area contributed by atoms with Crippen LogP contribution in [0.5, 0.6) is 0 Å². The Morgan fingerprint density at radius 1 is 1.13 bits per heavy atom. The Hall–Kier alpha value is -0.560. The molecule has 2 unspecified atom stereocenters. The van der Waals surface area contributed by atoms with E-state index in [2.05, 4.69) is 32.9 Å². The van der Waals surface area contributed by atoms with Gasteiger partial charge in [-0.2, -0.15) is 0 Å². The maximum atomic E-state index is 9.56. The van der Waals surface area contributed by atoms with E-state index in [0.717, 1.165) is 25.7 Å². The van der Waals surface area contributed by atoms with Crippen LogP contribution in [0, 0.1) is 10.8 Å². The van der Waals surface area contributed by atoms with E-state index in [0.29, 0.717) is 0 Å². The SMILES string of the molecule is CCC1(C)C=C2CC(=CC(C)(CO)C1)C2. The maximum absolute atomic E-state index is 9.56. The lowest BCUT2D eigenvalue weighted by molar-refractivity contribution is 0.132. The number of aliphatic hydroxyl groups excluding tert-OH is 1. The Morgan fingerprint density at radius 3 is 2.13 bits per heavy atom. The molecule has 1 saturated carbocycles. The largest absolute Gasteiger partial charge is 0.395 e. The third kappa shape index (κ3) is 2.03. The van der Waals surface area contributed by atoms with Crippen LogP contribution in [0.1, 0.15) is 46.5 Å². The molecule has 1 N–H and O–H groups in total. The summed E-state index contributed by atoms with van der Waals surface area (Å²) in [5, 5.41) is 9.56. The van der Waals surface area contributed by atoms with Crippen molar-refractivity contribution in [3.05, 3.63) is 23.3 Å². The fourth-order valence-corrected chi connectivity index (χ4v) is 3.07. The summed E-state index contributed by atoms with van der Waals surface area (Å²) in [5.41, 5.74) is 3.39. The van der Waals surface area contributed by atoms with Gasteiger partial charge in [-0.25, -0.2) is 0 Å². The zero-order chi connectivity index (χ0) is 11.1. The molecule has 3 rings (SSSR count). The summed E-state index contributed by atoms with van der Waals surface area (Å²) < 4.78 is 0. The first-order valence-corrected chi connectivity index (χ1v) is 6.01. The van der Waals surface area contributed by atoms with Crippen molar-refractivity contribution >= 4 is 0 Å². The van der Waals surface area contributed by atoms with Crippen molar-refractivity contribution in [2.75, 3.05) is 6.61 Å². The number of aliphatic hydroxyl groups is 1. The minimum Gasteiger partial charge on any atom is -0.395 e. The van der Waals surface area contributed by atoms with Gasteiger partial charge in [-0.3, -0.25) is 0 Å². The molecule has 0 aromatic rings. The van der Waals surface area contributed by atoms with Crippen molar-refractivity contribution in [2.24, 2.45) is 10.8 Å². The van der Waals surface area contributed by atoms with Gasteiger partial charge < -0.3 is 5.11 Å². The first kappa shape index (κ1) is 10.9. The molecule has 2 atom stereocenters. The van der Waals surface area contributed by atoms with Crippen molar-refractivity contribution in [2.45, 2.75) is 46.5 Å². The highest BCUT2D eigenvalue weighted by Crippen LogP contribution is 2.47. The first-order valence-electron chi connectivity index (χ1n) is 6.01. The predicted molar refractivity (Wildman–Crippen MR) is 63.6 cm³/mol. The molecule has 3 aliphatic rings. The van der Waals surface area contributed by atoms with Crippen molar-refractivity contribution in [3.8, 4) is 0 Å². The monoisotopic (exact) mass is 206 g/mol. The summed E-state index contributed by atoms with van der Waals surface area (Å²) in [6.45, 7) is 7.03. The minimum atomic E-state index is -0.0114. The molecule has 0 heterocycles. The summed E-state index contributed by atoms with van der Waals surface area (Å²) in [6.07, 6.45) is 9.35. The molecule has 0 aromatic heterocycles. The molecule has 84 valence electrons. The average Bonchev–Trinajstić information content (AvgIpc) is 2.12. The number of fused-ring (bicyclic) bond motifs is 4. The molecule has 1 heteroatoms. The Balaban J connectivity index is 2.32. The third-order valence-electron chi connectivity index (χ3n) is 3.99. The number of hydrogen-bond acceptors (Lipinski definition) is 1. The highest BCUT2D eigenvalue weighted by Gasteiger charge is 2.36. The molecule has 1 fully saturated rings. The molecule has 0 radical (unpaired) electrons. The van der Waals surface area contributed by atoms with Crippen LogP contribution in [-0.2, 0) is 0 Å².